The Kier molecular flexibility index (Phi) is 8.45. The molecule has 1 aliphatic heterocycles. The van der Waals surface area contributed by atoms with Gasteiger partial charge in [0.2, 0.25) is 11.8 Å². The highest BCUT2D eigenvalue weighted by atomic mass is 16.5. The minimum Gasteiger partial charge on any atom is -0.496 e. The van der Waals surface area contributed by atoms with Crippen molar-refractivity contribution in [1.29, 1.82) is 0 Å². The van der Waals surface area contributed by atoms with Gasteiger partial charge in [0, 0.05) is 25.1 Å². The average Bonchev–Trinajstić information content (AvgIpc) is 3.57. The maximum absolute atomic E-state index is 13.7. The van der Waals surface area contributed by atoms with Crippen molar-refractivity contribution in [3.63, 3.8) is 0 Å². The predicted molar refractivity (Wildman–Crippen MR) is 136 cm³/mol. The van der Waals surface area contributed by atoms with Crippen molar-refractivity contribution < 1.29 is 19.1 Å². The molecule has 0 spiro atoms. The van der Waals surface area contributed by atoms with Gasteiger partial charge in [-0.05, 0) is 54.7 Å². The van der Waals surface area contributed by atoms with Gasteiger partial charge in [-0.15, -0.1) is 0 Å². The Balaban J connectivity index is 1.66. The molecule has 188 valence electrons. The highest BCUT2D eigenvalue weighted by Gasteiger charge is 2.33. The van der Waals surface area contributed by atoms with Gasteiger partial charge < -0.3 is 19.7 Å². The van der Waals surface area contributed by atoms with E-state index in [1.807, 2.05) is 50.2 Å². The molecule has 2 aliphatic rings. The summed E-state index contributed by atoms with van der Waals surface area (Å²) in [5.74, 6) is 1.29. The van der Waals surface area contributed by atoms with Crippen LogP contribution in [-0.4, -0.2) is 43.1 Å². The number of para-hydroxylation sites is 1. The first-order valence-corrected chi connectivity index (χ1v) is 12.9. The topological polar surface area (TPSA) is 67.9 Å². The third-order valence-electron chi connectivity index (χ3n) is 6.83. The summed E-state index contributed by atoms with van der Waals surface area (Å²) in [6.45, 7) is 5.53. The van der Waals surface area contributed by atoms with Crippen LogP contribution in [0.1, 0.15) is 74.6 Å². The number of methoxy groups -OCH3 is 1. The molecule has 0 bridgehead atoms. The summed E-state index contributed by atoms with van der Waals surface area (Å²) >= 11 is 0. The summed E-state index contributed by atoms with van der Waals surface area (Å²) in [6, 6.07) is 15.2. The van der Waals surface area contributed by atoms with Crippen molar-refractivity contribution >= 4 is 11.8 Å². The fourth-order valence-electron chi connectivity index (χ4n) is 4.76. The third kappa shape index (κ3) is 6.63. The van der Waals surface area contributed by atoms with Crippen LogP contribution in [0.5, 0.6) is 5.75 Å². The SMILES string of the molecule is COc1ccccc1CN(C(=O)CC(C)C)C(C(=O)NCC1CCCO1)c1ccc(C2CC2)cc1. The van der Waals surface area contributed by atoms with Crippen LogP contribution in [0.15, 0.2) is 48.5 Å². The zero-order valence-electron chi connectivity index (χ0n) is 21.2. The van der Waals surface area contributed by atoms with Crippen molar-refractivity contribution in [1.82, 2.24) is 10.2 Å². The van der Waals surface area contributed by atoms with Crippen LogP contribution in [0.25, 0.3) is 0 Å². The fraction of sp³-hybridized carbons (Fsp3) is 0.517. The second kappa shape index (κ2) is 11.7. The van der Waals surface area contributed by atoms with Crippen LogP contribution in [-0.2, 0) is 20.9 Å². The molecule has 1 aliphatic carbocycles. The molecule has 4 rings (SSSR count). The standard InChI is InChI=1S/C29H38N2O4/c1-20(2)17-27(32)31(19-24-7-4-5-9-26(24)34-3)28(29(33)30-18-25-8-6-16-35-25)23-14-12-22(13-15-23)21-10-11-21/h4-5,7,9,12-15,20-21,25,28H,6,8,10-11,16-19H2,1-3H3,(H,30,33). The van der Waals surface area contributed by atoms with Gasteiger partial charge in [-0.2, -0.15) is 0 Å². The molecule has 1 saturated carbocycles. The molecule has 2 unspecified atom stereocenters. The minimum absolute atomic E-state index is 0.0332. The number of hydrogen-bond acceptors (Lipinski definition) is 4. The number of nitrogens with one attached hydrogen (secondary N) is 1. The Morgan fingerprint density at radius 1 is 1.09 bits per heavy atom. The van der Waals surface area contributed by atoms with Crippen LogP contribution in [0.3, 0.4) is 0 Å². The van der Waals surface area contributed by atoms with Crippen molar-refractivity contribution in [3.8, 4) is 5.75 Å². The van der Waals surface area contributed by atoms with Gasteiger partial charge in [0.05, 0.1) is 19.8 Å². The number of ether oxygens (including phenoxy) is 2. The normalized spacial score (nSPS) is 18.3. The van der Waals surface area contributed by atoms with Crippen LogP contribution in [0.2, 0.25) is 0 Å². The Hall–Kier alpha value is -2.86. The number of hydrogen-bond donors (Lipinski definition) is 1. The summed E-state index contributed by atoms with van der Waals surface area (Å²) < 4.78 is 11.3. The highest BCUT2D eigenvalue weighted by Crippen LogP contribution is 2.40. The molecule has 2 fully saturated rings. The second-order valence-corrected chi connectivity index (χ2v) is 10.2. The molecule has 2 aromatic rings. The van der Waals surface area contributed by atoms with Gasteiger partial charge >= 0.3 is 0 Å². The maximum atomic E-state index is 13.7. The van der Waals surface area contributed by atoms with E-state index < -0.39 is 6.04 Å². The Bertz CT molecular complexity index is 994. The van der Waals surface area contributed by atoms with E-state index in [2.05, 4.69) is 17.4 Å². The van der Waals surface area contributed by atoms with Gasteiger partial charge in [0.1, 0.15) is 11.8 Å². The van der Waals surface area contributed by atoms with Crippen molar-refractivity contribution in [2.45, 2.75) is 70.6 Å². The zero-order valence-corrected chi connectivity index (χ0v) is 21.2. The first kappa shape index (κ1) is 25.2. The summed E-state index contributed by atoms with van der Waals surface area (Å²) in [6.07, 6.45) is 4.79. The molecular formula is C29H38N2O4. The Morgan fingerprint density at radius 2 is 1.83 bits per heavy atom. The smallest absolute Gasteiger partial charge is 0.247 e. The molecule has 1 saturated heterocycles. The van der Waals surface area contributed by atoms with Gasteiger partial charge in [-0.25, -0.2) is 0 Å². The van der Waals surface area contributed by atoms with E-state index in [-0.39, 0.29) is 30.4 Å². The molecule has 6 heteroatoms. The van der Waals surface area contributed by atoms with Crippen LogP contribution < -0.4 is 10.1 Å². The summed E-state index contributed by atoms with van der Waals surface area (Å²) in [5.41, 5.74) is 3.00. The molecule has 1 N–H and O–H groups in total. The molecule has 6 nitrogen and oxygen atoms in total. The molecule has 2 amide bonds. The maximum Gasteiger partial charge on any atom is 0.247 e. The second-order valence-electron chi connectivity index (χ2n) is 10.2. The lowest BCUT2D eigenvalue weighted by atomic mass is 9.98. The third-order valence-corrected chi connectivity index (χ3v) is 6.83. The van der Waals surface area contributed by atoms with Gasteiger partial charge in [-0.3, -0.25) is 9.59 Å². The molecule has 35 heavy (non-hydrogen) atoms. The van der Waals surface area contributed by atoms with Gasteiger partial charge in [0.15, 0.2) is 0 Å². The van der Waals surface area contributed by atoms with E-state index in [0.29, 0.717) is 24.6 Å². The van der Waals surface area contributed by atoms with Crippen LogP contribution in [0, 0.1) is 5.92 Å². The number of rotatable bonds is 11. The average molecular weight is 479 g/mol. The molecule has 2 atom stereocenters. The monoisotopic (exact) mass is 478 g/mol. The predicted octanol–water partition coefficient (Wildman–Crippen LogP) is 4.98. The van der Waals surface area contributed by atoms with Gasteiger partial charge in [0.25, 0.3) is 0 Å². The molecular weight excluding hydrogens is 440 g/mol. The van der Waals surface area contributed by atoms with Crippen LogP contribution in [0.4, 0.5) is 0 Å². The minimum atomic E-state index is -0.735. The lowest BCUT2D eigenvalue weighted by Crippen LogP contribution is -2.45. The van der Waals surface area contributed by atoms with Crippen LogP contribution >= 0.6 is 0 Å². The molecule has 2 aromatic carbocycles. The summed E-state index contributed by atoms with van der Waals surface area (Å²) in [4.78, 5) is 29.0. The quantitative estimate of drug-likeness (QED) is 0.494. The van der Waals surface area contributed by atoms with E-state index in [1.54, 1.807) is 12.0 Å². The van der Waals surface area contributed by atoms with E-state index in [9.17, 15) is 9.59 Å². The van der Waals surface area contributed by atoms with E-state index in [4.69, 9.17) is 9.47 Å². The Morgan fingerprint density at radius 3 is 2.46 bits per heavy atom. The first-order chi connectivity index (χ1) is 17.0. The zero-order chi connectivity index (χ0) is 24.8. The summed E-state index contributed by atoms with van der Waals surface area (Å²) in [5, 5.41) is 3.09. The van der Waals surface area contributed by atoms with Crippen molar-refractivity contribution in [2.24, 2.45) is 5.92 Å². The van der Waals surface area contributed by atoms with Crippen molar-refractivity contribution in [3.05, 3.63) is 65.2 Å². The molecule has 0 aromatic heterocycles. The van der Waals surface area contributed by atoms with Crippen molar-refractivity contribution in [2.75, 3.05) is 20.3 Å². The lowest BCUT2D eigenvalue weighted by Gasteiger charge is -2.33. The molecule has 1 heterocycles. The molecule has 0 radical (unpaired) electrons. The fourth-order valence-corrected chi connectivity index (χ4v) is 4.76. The number of amides is 2. The number of carbonyl (C=O) groups excluding carboxylic acids is 2. The van der Waals surface area contributed by atoms with E-state index in [0.717, 1.165) is 30.6 Å². The van der Waals surface area contributed by atoms with Gasteiger partial charge in [-0.1, -0.05) is 56.3 Å². The lowest BCUT2D eigenvalue weighted by molar-refractivity contribution is -0.142. The largest absolute Gasteiger partial charge is 0.496 e. The number of benzene rings is 2. The van der Waals surface area contributed by atoms with E-state index in [1.165, 1.54) is 18.4 Å². The summed E-state index contributed by atoms with van der Waals surface area (Å²) in [7, 11) is 1.63. The number of carbonyl (C=O) groups is 2. The van der Waals surface area contributed by atoms with E-state index >= 15 is 0 Å². The Labute approximate surface area is 209 Å². The number of nitrogens with zero attached hydrogens (tertiary/aromatic N) is 1. The highest BCUT2D eigenvalue weighted by molar-refractivity contribution is 5.89. The first-order valence-electron chi connectivity index (χ1n) is 12.9.